The van der Waals surface area contributed by atoms with Gasteiger partial charge in [-0.25, -0.2) is 9.78 Å². The van der Waals surface area contributed by atoms with Gasteiger partial charge in [0.25, 0.3) is 0 Å². The molecule has 1 atom stereocenters. The van der Waals surface area contributed by atoms with E-state index < -0.39 is 0 Å². The van der Waals surface area contributed by atoms with Crippen LogP contribution in [-0.4, -0.2) is 26.9 Å². The Bertz CT molecular complexity index is 778. The van der Waals surface area contributed by atoms with Crippen molar-refractivity contribution in [1.82, 2.24) is 19.6 Å². The number of likely N-dealkylation sites (tertiary alicyclic amines) is 1. The summed E-state index contributed by atoms with van der Waals surface area (Å²) >= 11 is 1.68. The number of rotatable bonds is 3. The molecular weight excluding hydrogens is 308 g/mol. The third-order valence-electron chi connectivity index (χ3n) is 4.28. The van der Waals surface area contributed by atoms with Gasteiger partial charge in [-0.1, -0.05) is 6.07 Å². The molecule has 1 fully saturated rings. The van der Waals surface area contributed by atoms with Crippen LogP contribution in [0.4, 0.5) is 4.79 Å². The van der Waals surface area contributed by atoms with Gasteiger partial charge < -0.3 is 14.6 Å². The SMILES string of the molecule is O=C(NCc1cn2ccccc2n1)N1CCC[C@H]1c1ccsc1. The minimum atomic E-state index is -0.00393. The summed E-state index contributed by atoms with van der Waals surface area (Å²) in [5, 5.41) is 7.22. The van der Waals surface area contributed by atoms with Crippen molar-refractivity contribution in [3.8, 4) is 0 Å². The fourth-order valence-electron chi connectivity index (χ4n) is 3.16. The van der Waals surface area contributed by atoms with Crippen LogP contribution in [0.3, 0.4) is 0 Å². The quantitative estimate of drug-likeness (QED) is 0.801. The highest BCUT2D eigenvalue weighted by Crippen LogP contribution is 2.32. The molecule has 23 heavy (non-hydrogen) atoms. The van der Waals surface area contributed by atoms with E-state index in [1.165, 1.54) is 5.56 Å². The molecule has 0 spiro atoms. The normalized spacial score (nSPS) is 17.7. The van der Waals surface area contributed by atoms with E-state index in [4.69, 9.17) is 0 Å². The highest BCUT2D eigenvalue weighted by Gasteiger charge is 2.30. The molecule has 6 heteroatoms. The van der Waals surface area contributed by atoms with Crippen LogP contribution < -0.4 is 5.32 Å². The molecule has 3 aromatic heterocycles. The van der Waals surface area contributed by atoms with E-state index in [-0.39, 0.29) is 12.1 Å². The molecule has 118 valence electrons. The Morgan fingerprint density at radius 3 is 3.17 bits per heavy atom. The van der Waals surface area contributed by atoms with Gasteiger partial charge in [-0.05, 0) is 47.4 Å². The zero-order valence-corrected chi connectivity index (χ0v) is 13.5. The first-order valence-electron chi connectivity index (χ1n) is 7.80. The van der Waals surface area contributed by atoms with E-state index in [0.29, 0.717) is 6.54 Å². The number of pyridine rings is 1. The lowest BCUT2D eigenvalue weighted by Gasteiger charge is -2.24. The predicted molar refractivity (Wildman–Crippen MR) is 90.4 cm³/mol. The van der Waals surface area contributed by atoms with E-state index in [0.717, 1.165) is 30.7 Å². The molecule has 5 nitrogen and oxygen atoms in total. The van der Waals surface area contributed by atoms with Crippen LogP contribution in [0, 0.1) is 0 Å². The van der Waals surface area contributed by atoms with Crippen molar-refractivity contribution in [3.63, 3.8) is 0 Å². The molecule has 4 rings (SSSR count). The van der Waals surface area contributed by atoms with Gasteiger partial charge in [0.1, 0.15) is 5.65 Å². The second-order valence-corrected chi connectivity index (χ2v) is 6.55. The lowest BCUT2D eigenvalue weighted by molar-refractivity contribution is 0.192. The summed E-state index contributed by atoms with van der Waals surface area (Å²) in [7, 11) is 0. The zero-order chi connectivity index (χ0) is 15.6. The molecule has 1 N–H and O–H groups in total. The minimum absolute atomic E-state index is 0.00393. The number of hydrogen-bond acceptors (Lipinski definition) is 3. The molecule has 1 saturated heterocycles. The molecule has 1 aliphatic heterocycles. The number of nitrogens with one attached hydrogen (secondary N) is 1. The van der Waals surface area contributed by atoms with Gasteiger partial charge in [0.2, 0.25) is 0 Å². The van der Waals surface area contributed by atoms with Crippen molar-refractivity contribution >= 4 is 23.0 Å². The predicted octanol–water partition coefficient (Wildman–Crippen LogP) is 3.44. The van der Waals surface area contributed by atoms with Crippen molar-refractivity contribution in [3.05, 3.63) is 58.7 Å². The van der Waals surface area contributed by atoms with Gasteiger partial charge >= 0.3 is 6.03 Å². The van der Waals surface area contributed by atoms with Crippen molar-refractivity contribution in [2.24, 2.45) is 0 Å². The molecule has 0 saturated carbocycles. The average Bonchev–Trinajstić information content (AvgIpc) is 3.31. The highest BCUT2D eigenvalue weighted by molar-refractivity contribution is 7.07. The maximum atomic E-state index is 12.5. The molecule has 4 heterocycles. The van der Waals surface area contributed by atoms with Crippen LogP contribution in [-0.2, 0) is 6.54 Å². The number of urea groups is 1. The Balaban J connectivity index is 1.43. The fourth-order valence-corrected chi connectivity index (χ4v) is 3.87. The first kappa shape index (κ1) is 14.3. The van der Waals surface area contributed by atoms with Gasteiger partial charge in [0.15, 0.2) is 0 Å². The number of nitrogens with zero attached hydrogens (tertiary/aromatic N) is 3. The van der Waals surface area contributed by atoms with Crippen molar-refractivity contribution in [1.29, 1.82) is 0 Å². The zero-order valence-electron chi connectivity index (χ0n) is 12.7. The number of hydrogen-bond donors (Lipinski definition) is 1. The summed E-state index contributed by atoms with van der Waals surface area (Å²) in [6, 6.07) is 8.20. The monoisotopic (exact) mass is 326 g/mol. The number of amides is 2. The smallest absolute Gasteiger partial charge is 0.318 e. The summed E-state index contributed by atoms with van der Waals surface area (Å²) in [4.78, 5) is 19.0. The Morgan fingerprint density at radius 1 is 1.39 bits per heavy atom. The van der Waals surface area contributed by atoms with E-state index in [1.807, 2.05) is 39.9 Å². The molecule has 1 aliphatic rings. The van der Waals surface area contributed by atoms with Crippen LogP contribution >= 0.6 is 11.3 Å². The Morgan fingerprint density at radius 2 is 2.35 bits per heavy atom. The van der Waals surface area contributed by atoms with Gasteiger partial charge in [0, 0.05) is 18.9 Å². The van der Waals surface area contributed by atoms with Crippen molar-refractivity contribution < 1.29 is 4.79 Å². The lowest BCUT2D eigenvalue weighted by Crippen LogP contribution is -2.39. The van der Waals surface area contributed by atoms with Crippen LogP contribution in [0.25, 0.3) is 5.65 Å². The first-order chi connectivity index (χ1) is 11.3. The van der Waals surface area contributed by atoms with Gasteiger partial charge in [-0.2, -0.15) is 11.3 Å². The number of carbonyl (C=O) groups is 1. The van der Waals surface area contributed by atoms with Gasteiger partial charge in [-0.3, -0.25) is 0 Å². The molecule has 0 radical (unpaired) electrons. The van der Waals surface area contributed by atoms with Gasteiger partial charge in [0.05, 0.1) is 18.3 Å². The number of fused-ring (bicyclic) bond motifs is 1. The topological polar surface area (TPSA) is 49.6 Å². The van der Waals surface area contributed by atoms with Crippen molar-refractivity contribution in [2.45, 2.75) is 25.4 Å². The second-order valence-electron chi connectivity index (χ2n) is 5.77. The molecule has 0 bridgehead atoms. The molecule has 0 aromatic carbocycles. The standard InChI is InChI=1S/C17H18N4OS/c22-17(21-8-3-4-15(21)13-6-9-23-12-13)18-10-14-11-20-7-2-1-5-16(20)19-14/h1-2,5-7,9,11-12,15H,3-4,8,10H2,(H,18,22)/t15-/m0/s1. The number of imidazole rings is 1. The third kappa shape index (κ3) is 2.82. The molecule has 0 aliphatic carbocycles. The second kappa shape index (κ2) is 6.04. The maximum Gasteiger partial charge on any atom is 0.318 e. The van der Waals surface area contributed by atoms with Crippen molar-refractivity contribution in [2.75, 3.05) is 6.54 Å². The summed E-state index contributed by atoms with van der Waals surface area (Å²) in [6.45, 7) is 1.27. The van der Waals surface area contributed by atoms with E-state index in [2.05, 4.69) is 27.1 Å². The number of thiophene rings is 1. The maximum absolute atomic E-state index is 12.5. The highest BCUT2D eigenvalue weighted by atomic mass is 32.1. The Kier molecular flexibility index (Phi) is 3.75. The van der Waals surface area contributed by atoms with E-state index in [1.54, 1.807) is 11.3 Å². The van der Waals surface area contributed by atoms with E-state index in [9.17, 15) is 4.79 Å². The minimum Gasteiger partial charge on any atom is -0.332 e. The van der Waals surface area contributed by atoms with Crippen LogP contribution in [0.2, 0.25) is 0 Å². The van der Waals surface area contributed by atoms with E-state index >= 15 is 0 Å². The van der Waals surface area contributed by atoms with Crippen LogP contribution in [0.1, 0.15) is 30.1 Å². The van der Waals surface area contributed by atoms with Crippen LogP contribution in [0.15, 0.2) is 47.4 Å². The van der Waals surface area contributed by atoms with Gasteiger partial charge in [-0.15, -0.1) is 0 Å². The Labute approximate surface area is 138 Å². The largest absolute Gasteiger partial charge is 0.332 e. The Hall–Kier alpha value is -2.34. The molecule has 2 amide bonds. The average molecular weight is 326 g/mol. The third-order valence-corrected chi connectivity index (χ3v) is 4.98. The molecule has 0 unspecified atom stereocenters. The summed E-state index contributed by atoms with van der Waals surface area (Å²) in [6.07, 6.45) is 6.01. The molecular formula is C17H18N4OS. The summed E-state index contributed by atoms with van der Waals surface area (Å²) in [5.41, 5.74) is 3.01. The number of aromatic nitrogens is 2. The molecule has 3 aromatic rings. The van der Waals surface area contributed by atoms with Crippen LogP contribution in [0.5, 0.6) is 0 Å². The summed E-state index contributed by atoms with van der Waals surface area (Å²) < 4.78 is 1.96. The lowest BCUT2D eigenvalue weighted by atomic mass is 10.1. The summed E-state index contributed by atoms with van der Waals surface area (Å²) in [5.74, 6) is 0. The number of carbonyl (C=O) groups excluding carboxylic acids is 1. The fraction of sp³-hybridized carbons (Fsp3) is 0.294. The first-order valence-corrected chi connectivity index (χ1v) is 8.75.